The van der Waals surface area contributed by atoms with E-state index < -0.39 is 0 Å². The van der Waals surface area contributed by atoms with Gasteiger partial charge in [-0.1, -0.05) is 221 Å². The lowest BCUT2D eigenvalue weighted by Crippen LogP contribution is -2.26. The smallest absolute Gasteiger partial charge is 0.0468 e. The molecule has 2 unspecified atom stereocenters. The summed E-state index contributed by atoms with van der Waals surface area (Å²) in [4.78, 5) is 2.48. The van der Waals surface area contributed by atoms with Crippen molar-refractivity contribution in [3.05, 3.63) is 257 Å². The molecule has 3 aliphatic carbocycles. The maximum Gasteiger partial charge on any atom is 0.0468 e. The highest BCUT2D eigenvalue weighted by molar-refractivity contribution is 6.11. The Morgan fingerprint density at radius 1 is 0.522 bits per heavy atom. The van der Waals surface area contributed by atoms with E-state index in [-0.39, 0.29) is 11.3 Å². The van der Waals surface area contributed by atoms with Gasteiger partial charge in [-0.25, -0.2) is 0 Å². The Hall–Kier alpha value is -7.22. The zero-order chi connectivity index (χ0) is 45.9. The van der Waals surface area contributed by atoms with Gasteiger partial charge in [-0.15, -0.1) is 0 Å². The van der Waals surface area contributed by atoms with Crippen LogP contribution in [0.25, 0.3) is 43.8 Å². The van der Waals surface area contributed by atoms with E-state index in [1.807, 2.05) is 32.0 Å². The summed E-state index contributed by atoms with van der Waals surface area (Å²) in [6.45, 7) is 10.8. The van der Waals surface area contributed by atoms with Crippen molar-refractivity contribution in [3.8, 4) is 11.1 Å². The first-order chi connectivity index (χ1) is 33.1. The molecule has 67 heavy (non-hydrogen) atoms. The third-order valence-corrected chi connectivity index (χ3v) is 14.5. The monoisotopic (exact) mass is 867 g/mol. The van der Waals surface area contributed by atoms with Crippen LogP contribution < -0.4 is 4.90 Å². The van der Waals surface area contributed by atoms with Crippen molar-refractivity contribution in [2.24, 2.45) is 0 Å². The molecule has 2 atom stereocenters. The van der Waals surface area contributed by atoms with Crippen LogP contribution in [0.2, 0.25) is 0 Å². The largest absolute Gasteiger partial charge is 0.310 e. The van der Waals surface area contributed by atoms with Crippen LogP contribution in [0, 0.1) is 6.92 Å². The van der Waals surface area contributed by atoms with Crippen LogP contribution in [0.15, 0.2) is 218 Å². The van der Waals surface area contributed by atoms with E-state index >= 15 is 0 Å². The predicted molar refractivity (Wildman–Crippen MR) is 289 cm³/mol. The Morgan fingerprint density at radius 2 is 1.12 bits per heavy atom. The van der Waals surface area contributed by atoms with E-state index in [0.717, 1.165) is 30.6 Å². The van der Waals surface area contributed by atoms with E-state index in [0.29, 0.717) is 0 Å². The molecule has 0 saturated carbocycles. The fourth-order valence-corrected chi connectivity index (χ4v) is 11.6. The quantitative estimate of drug-likeness (QED) is 0.138. The normalized spacial score (nSPS) is 16.4. The summed E-state index contributed by atoms with van der Waals surface area (Å²) in [5.74, 6) is 0.176. The van der Waals surface area contributed by atoms with Crippen LogP contribution in [0.3, 0.4) is 0 Å². The minimum absolute atomic E-state index is 0.141. The van der Waals surface area contributed by atoms with Crippen LogP contribution >= 0.6 is 0 Å². The van der Waals surface area contributed by atoms with Crippen molar-refractivity contribution in [1.82, 2.24) is 0 Å². The van der Waals surface area contributed by atoms with Gasteiger partial charge in [0.25, 0.3) is 0 Å². The Bertz CT molecular complexity index is 3260. The molecule has 12 rings (SSSR count). The second kappa shape index (κ2) is 18.9. The predicted octanol–water partition coefficient (Wildman–Crippen LogP) is 18.7. The van der Waals surface area contributed by atoms with E-state index in [9.17, 15) is 0 Å². The van der Waals surface area contributed by atoms with Crippen LogP contribution in [-0.4, -0.2) is 0 Å². The maximum atomic E-state index is 2.51. The minimum atomic E-state index is 0.141. The number of nitrogens with zero attached hydrogens (tertiary/aromatic N) is 1. The third-order valence-electron chi connectivity index (χ3n) is 14.5. The van der Waals surface area contributed by atoms with Crippen LogP contribution in [0.4, 0.5) is 17.1 Å². The van der Waals surface area contributed by atoms with Gasteiger partial charge in [0.05, 0.1) is 0 Å². The van der Waals surface area contributed by atoms with Gasteiger partial charge < -0.3 is 4.90 Å². The minimum Gasteiger partial charge on any atom is -0.310 e. The summed E-state index contributed by atoms with van der Waals surface area (Å²) in [6.07, 6.45) is 8.29. The number of aryl methyl sites for hydroxylation is 1. The molecule has 0 bridgehead atoms. The Morgan fingerprint density at radius 3 is 1.85 bits per heavy atom. The highest BCUT2D eigenvalue weighted by Crippen LogP contribution is 2.58. The molecule has 1 nitrogen and oxygen atoms in total. The van der Waals surface area contributed by atoms with Gasteiger partial charge >= 0.3 is 0 Å². The Labute approximate surface area is 398 Å². The van der Waals surface area contributed by atoms with Gasteiger partial charge in [0.1, 0.15) is 0 Å². The van der Waals surface area contributed by atoms with Crippen molar-refractivity contribution in [3.63, 3.8) is 0 Å². The van der Waals surface area contributed by atoms with Crippen molar-refractivity contribution in [2.75, 3.05) is 4.90 Å². The number of rotatable bonds is 8. The van der Waals surface area contributed by atoms with Crippen LogP contribution in [0.5, 0.6) is 0 Å². The third kappa shape index (κ3) is 7.81. The first-order valence-electron chi connectivity index (χ1n) is 24.7. The number of benzene rings is 9. The molecule has 0 aromatic heterocycles. The molecular weight excluding hydrogens is 807 g/mol. The fraction of sp³-hybridized carbons (Fsp3) is 0.182. The molecule has 9 aromatic carbocycles. The van der Waals surface area contributed by atoms with Gasteiger partial charge in [-0.3, -0.25) is 0 Å². The van der Waals surface area contributed by atoms with E-state index in [4.69, 9.17) is 0 Å². The summed E-state index contributed by atoms with van der Waals surface area (Å²) < 4.78 is 0. The van der Waals surface area contributed by atoms with Gasteiger partial charge in [-0.05, 0) is 146 Å². The van der Waals surface area contributed by atoms with E-state index in [1.165, 1.54) is 101 Å². The molecule has 0 spiro atoms. The van der Waals surface area contributed by atoms with Crippen molar-refractivity contribution in [2.45, 2.75) is 78.1 Å². The summed E-state index contributed by atoms with van der Waals surface area (Å²) in [6, 6.07) is 76.4. The van der Waals surface area contributed by atoms with Gasteiger partial charge in [-0.2, -0.15) is 0 Å². The zero-order valence-electron chi connectivity index (χ0n) is 39.8. The molecule has 0 N–H and O–H groups in total. The molecule has 330 valence electrons. The van der Waals surface area contributed by atoms with Gasteiger partial charge in [0.2, 0.25) is 0 Å². The van der Waals surface area contributed by atoms with Crippen LogP contribution in [-0.2, 0) is 5.41 Å². The lowest BCUT2D eigenvalue weighted by molar-refractivity contribution is 0.436. The molecule has 0 heterocycles. The fourth-order valence-electron chi connectivity index (χ4n) is 11.6. The lowest BCUT2D eigenvalue weighted by atomic mass is 9.69. The molecular formula is C66H61N. The Kier molecular flexibility index (Phi) is 12.3. The van der Waals surface area contributed by atoms with Crippen molar-refractivity contribution < 1.29 is 0 Å². The molecule has 0 fully saturated rings. The summed E-state index contributed by atoms with van der Waals surface area (Å²) in [5, 5.41) is 5.06. The number of anilines is 3. The SMILES string of the molecule is CC.CCCC1(CC)C2=C(C(c3ccc(N(c4ccc5c(c4)C(c4ccccc4)c4ccccc4-5)c4ccc5ccc6ccccc6c5c4)cc3)=CCC2)c2ccccc21.Cc1ccccc1. The average Bonchev–Trinajstić information content (AvgIpc) is 3.88. The topological polar surface area (TPSA) is 3.24 Å². The van der Waals surface area contributed by atoms with Gasteiger partial charge in [0, 0.05) is 28.4 Å². The standard InChI is InChI=1S/C57H47N.C7H8.C2H6/c1-3-35-57(4-2)53-23-13-12-21-50(53)56-46(22-14-24-54(56)57)39-27-30-42(31-28-39)58(43-32-29-40-26-25-38-15-8-9-18-45(38)51(40)36-43)44-33-34-48-47-19-10-11-20-49(47)55(52(48)37-44)41-16-6-5-7-17-41;1-7-5-3-2-4-6-7;1-2/h5-13,15-23,25-34,36-37,55H,3-4,14,24,35H2,1-2H3;2-6H,1H3;1-2H3. The lowest BCUT2D eigenvalue weighted by Gasteiger charge is -2.34. The first kappa shape index (κ1) is 43.7. The molecule has 0 saturated heterocycles. The molecule has 0 radical (unpaired) electrons. The average molecular weight is 868 g/mol. The molecule has 0 amide bonds. The summed E-state index contributed by atoms with van der Waals surface area (Å²) in [7, 11) is 0. The number of hydrogen-bond donors (Lipinski definition) is 0. The van der Waals surface area contributed by atoms with E-state index in [1.54, 1.807) is 5.57 Å². The van der Waals surface area contributed by atoms with E-state index in [2.05, 4.69) is 220 Å². The number of fused-ring (bicyclic) bond motifs is 8. The highest BCUT2D eigenvalue weighted by Gasteiger charge is 2.44. The molecule has 3 aliphatic rings. The number of hydrogen-bond acceptors (Lipinski definition) is 1. The summed E-state index contributed by atoms with van der Waals surface area (Å²) >= 11 is 0. The van der Waals surface area contributed by atoms with Crippen molar-refractivity contribution >= 4 is 49.8 Å². The van der Waals surface area contributed by atoms with Gasteiger partial charge in [0.15, 0.2) is 0 Å². The first-order valence-corrected chi connectivity index (χ1v) is 24.7. The molecule has 1 heteroatoms. The Balaban J connectivity index is 0.000000531. The second-order valence-electron chi connectivity index (χ2n) is 18.2. The second-order valence-corrected chi connectivity index (χ2v) is 18.2. The highest BCUT2D eigenvalue weighted by atomic mass is 15.1. The molecule has 9 aromatic rings. The van der Waals surface area contributed by atoms with Crippen molar-refractivity contribution in [1.29, 1.82) is 0 Å². The molecule has 0 aliphatic heterocycles. The number of allylic oxidation sites excluding steroid dienone is 4. The van der Waals surface area contributed by atoms with Crippen LogP contribution in [0.1, 0.15) is 105 Å². The summed E-state index contributed by atoms with van der Waals surface area (Å²) in [5.41, 5.74) is 20.5. The maximum absolute atomic E-state index is 2.51. The zero-order valence-corrected chi connectivity index (χ0v) is 39.8.